The Balaban J connectivity index is 1.58. The molecule has 0 bridgehead atoms. The van der Waals surface area contributed by atoms with Crippen molar-refractivity contribution in [2.45, 2.75) is 6.92 Å². The number of hydrazone groups is 1. The molecule has 0 saturated carbocycles. The molecule has 0 atom stereocenters. The molecule has 0 aliphatic rings. The molecular formula is C21H21N3O2. The van der Waals surface area contributed by atoms with E-state index in [0.717, 1.165) is 27.8 Å². The van der Waals surface area contributed by atoms with Crippen molar-refractivity contribution in [3.05, 3.63) is 72.3 Å². The highest BCUT2D eigenvalue weighted by Gasteiger charge is 2.03. The second-order valence-corrected chi connectivity index (χ2v) is 5.64. The number of nitrogens with zero attached hydrogens (tertiary/aromatic N) is 1. The topological polar surface area (TPSA) is 62.7 Å². The first-order valence-corrected chi connectivity index (χ1v) is 8.53. The fourth-order valence-corrected chi connectivity index (χ4v) is 2.64. The fraction of sp³-hybridized carbons (Fsp3) is 0.143. The van der Waals surface area contributed by atoms with Gasteiger partial charge in [-0.15, -0.1) is 0 Å². The Morgan fingerprint density at radius 2 is 1.81 bits per heavy atom. The molecular weight excluding hydrogens is 326 g/mol. The minimum absolute atomic E-state index is 0.137. The van der Waals surface area contributed by atoms with Crippen LogP contribution in [-0.2, 0) is 4.79 Å². The van der Waals surface area contributed by atoms with Crippen LogP contribution in [0.3, 0.4) is 0 Å². The third-order valence-electron chi connectivity index (χ3n) is 3.84. The second kappa shape index (κ2) is 8.67. The molecule has 0 aliphatic carbocycles. The smallest absolute Gasteiger partial charge is 0.259 e. The Labute approximate surface area is 152 Å². The molecule has 0 fully saturated rings. The summed E-state index contributed by atoms with van der Waals surface area (Å²) in [6, 6.07) is 21.6. The Bertz CT molecular complexity index is 917. The lowest BCUT2D eigenvalue weighted by molar-refractivity contribution is -0.119. The first-order valence-electron chi connectivity index (χ1n) is 8.53. The molecule has 5 heteroatoms. The number of carbonyl (C=O) groups excluding carboxylic acids is 1. The van der Waals surface area contributed by atoms with Crippen molar-refractivity contribution in [2.75, 3.05) is 18.5 Å². The van der Waals surface area contributed by atoms with Gasteiger partial charge in [-0.2, -0.15) is 5.10 Å². The number of amides is 1. The summed E-state index contributed by atoms with van der Waals surface area (Å²) in [6.45, 7) is 2.64. The minimum Gasteiger partial charge on any atom is -0.493 e. The summed E-state index contributed by atoms with van der Waals surface area (Å²) in [5.41, 5.74) is 4.27. The summed E-state index contributed by atoms with van der Waals surface area (Å²) in [7, 11) is 0. The molecule has 3 rings (SSSR count). The molecule has 0 heterocycles. The van der Waals surface area contributed by atoms with Gasteiger partial charge in [-0.25, -0.2) is 5.43 Å². The van der Waals surface area contributed by atoms with E-state index in [-0.39, 0.29) is 12.5 Å². The standard InChI is InChI=1S/C21H21N3O2/c1-2-26-20-13-6-4-9-17(20)14-23-24-21(25)15-22-19-12-7-10-16-8-3-5-11-18(16)19/h3-14,22H,2,15H2,1H3,(H,24,25)/b23-14-. The van der Waals surface area contributed by atoms with Crippen LogP contribution in [0, 0.1) is 0 Å². The minimum atomic E-state index is -0.219. The highest BCUT2D eigenvalue weighted by molar-refractivity contribution is 5.95. The van der Waals surface area contributed by atoms with E-state index in [2.05, 4.69) is 15.8 Å². The first-order chi connectivity index (χ1) is 12.8. The number of hydrogen-bond acceptors (Lipinski definition) is 4. The van der Waals surface area contributed by atoms with Crippen molar-refractivity contribution in [1.29, 1.82) is 0 Å². The number of benzene rings is 3. The predicted octanol–water partition coefficient (Wildman–Crippen LogP) is 3.80. The molecule has 2 N–H and O–H groups in total. The van der Waals surface area contributed by atoms with E-state index in [4.69, 9.17) is 4.74 Å². The molecule has 132 valence electrons. The predicted molar refractivity (Wildman–Crippen MR) is 106 cm³/mol. The van der Waals surface area contributed by atoms with Gasteiger partial charge in [0.25, 0.3) is 5.91 Å². The molecule has 0 aromatic heterocycles. The van der Waals surface area contributed by atoms with E-state index in [9.17, 15) is 4.79 Å². The van der Waals surface area contributed by atoms with Crippen LogP contribution in [0.5, 0.6) is 5.75 Å². The summed E-state index contributed by atoms with van der Waals surface area (Å²) < 4.78 is 5.52. The number of fused-ring (bicyclic) bond motifs is 1. The summed E-state index contributed by atoms with van der Waals surface area (Å²) >= 11 is 0. The van der Waals surface area contributed by atoms with Crippen molar-refractivity contribution in [1.82, 2.24) is 5.43 Å². The van der Waals surface area contributed by atoms with Gasteiger partial charge < -0.3 is 10.1 Å². The van der Waals surface area contributed by atoms with E-state index in [1.54, 1.807) is 6.21 Å². The molecule has 5 nitrogen and oxygen atoms in total. The first kappa shape index (κ1) is 17.5. The Morgan fingerprint density at radius 3 is 2.69 bits per heavy atom. The Kier molecular flexibility index (Phi) is 5.83. The summed E-state index contributed by atoms with van der Waals surface area (Å²) in [6.07, 6.45) is 1.58. The van der Waals surface area contributed by atoms with Gasteiger partial charge in [0.2, 0.25) is 0 Å². The average molecular weight is 347 g/mol. The Morgan fingerprint density at radius 1 is 1.04 bits per heavy atom. The maximum Gasteiger partial charge on any atom is 0.259 e. The quantitative estimate of drug-likeness (QED) is 0.505. The van der Waals surface area contributed by atoms with Crippen molar-refractivity contribution >= 4 is 28.6 Å². The second-order valence-electron chi connectivity index (χ2n) is 5.64. The molecule has 0 unspecified atom stereocenters. The zero-order valence-electron chi connectivity index (χ0n) is 14.6. The van der Waals surface area contributed by atoms with E-state index < -0.39 is 0 Å². The van der Waals surface area contributed by atoms with E-state index in [1.165, 1.54) is 0 Å². The Hall–Kier alpha value is -3.34. The lowest BCUT2D eigenvalue weighted by atomic mass is 10.1. The molecule has 3 aromatic carbocycles. The SMILES string of the molecule is CCOc1ccccc1/C=N\NC(=O)CNc1cccc2ccccc12. The average Bonchev–Trinajstić information content (AvgIpc) is 2.68. The van der Waals surface area contributed by atoms with Gasteiger partial charge in [-0.3, -0.25) is 4.79 Å². The zero-order chi connectivity index (χ0) is 18.2. The maximum absolute atomic E-state index is 12.0. The van der Waals surface area contributed by atoms with Gasteiger partial charge in [0, 0.05) is 16.6 Å². The van der Waals surface area contributed by atoms with Crippen LogP contribution in [0.1, 0.15) is 12.5 Å². The van der Waals surface area contributed by atoms with Crippen LogP contribution in [0.4, 0.5) is 5.69 Å². The van der Waals surface area contributed by atoms with Crippen LogP contribution >= 0.6 is 0 Å². The van der Waals surface area contributed by atoms with Gasteiger partial charge in [0.1, 0.15) is 5.75 Å². The monoisotopic (exact) mass is 347 g/mol. The number of hydrogen-bond donors (Lipinski definition) is 2. The van der Waals surface area contributed by atoms with Crippen LogP contribution in [0.25, 0.3) is 10.8 Å². The van der Waals surface area contributed by atoms with Crippen LogP contribution in [-0.4, -0.2) is 25.3 Å². The number of para-hydroxylation sites is 1. The van der Waals surface area contributed by atoms with Gasteiger partial charge in [-0.05, 0) is 30.5 Å². The maximum atomic E-state index is 12.0. The lowest BCUT2D eigenvalue weighted by Gasteiger charge is -2.09. The van der Waals surface area contributed by atoms with Crippen molar-refractivity contribution in [3.8, 4) is 5.75 Å². The summed E-state index contributed by atoms with van der Waals surface area (Å²) in [5, 5.41) is 9.38. The van der Waals surface area contributed by atoms with E-state index in [0.29, 0.717) is 6.61 Å². The number of anilines is 1. The molecule has 0 radical (unpaired) electrons. The molecule has 26 heavy (non-hydrogen) atoms. The number of nitrogens with one attached hydrogen (secondary N) is 2. The van der Waals surface area contributed by atoms with Gasteiger partial charge >= 0.3 is 0 Å². The number of rotatable bonds is 7. The molecule has 1 amide bonds. The van der Waals surface area contributed by atoms with E-state index >= 15 is 0 Å². The highest BCUT2D eigenvalue weighted by Crippen LogP contribution is 2.22. The number of ether oxygens (including phenoxy) is 1. The van der Waals surface area contributed by atoms with Crippen molar-refractivity contribution in [3.63, 3.8) is 0 Å². The van der Waals surface area contributed by atoms with Gasteiger partial charge in [0.05, 0.1) is 19.4 Å². The number of carbonyl (C=O) groups is 1. The third kappa shape index (κ3) is 4.39. The molecule has 0 spiro atoms. The molecule has 3 aromatic rings. The highest BCUT2D eigenvalue weighted by atomic mass is 16.5. The third-order valence-corrected chi connectivity index (χ3v) is 3.84. The van der Waals surface area contributed by atoms with Crippen molar-refractivity contribution in [2.24, 2.45) is 5.10 Å². The van der Waals surface area contributed by atoms with E-state index in [1.807, 2.05) is 73.7 Å². The van der Waals surface area contributed by atoms with Gasteiger partial charge in [-0.1, -0.05) is 48.5 Å². The normalized spacial score (nSPS) is 10.8. The van der Waals surface area contributed by atoms with Crippen LogP contribution in [0.15, 0.2) is 71.8 Å². The zero-order valence-corrected chi connectivity index (χ0v) is 14.6. The lowest BCUT2D eigenvalue weighted by Crippen LogP contribution is -2.25. The van der Waals surface area contributed by atoms with Crippen LogP contribution < -0.4 is 15.5 Å². The molecule has 0 aliphatic heterocycles. The van der Waals surface area contributed by atoms with Gasteiger partial charge in [0.15, 0.2) is 0 Å². The largest absolute Gasteiger partial charge is 0.493 e. The summed E-state index contributed by atoms with van der Waals surface area (Å²) in [5.74, 6) is 0.518. The summed E-state index contributed by atoms with van der Waals surface area (Å²) in [4.78, 5) is 12.0. The molecule has 0 saturated heterocycles. The van der Waals surface area contributed by atoms with Crippen molar-refractivity contribution < 1.29 is 9.53 Å². The fourth-order valence-electron chi connectivity index (χ4n) is 2.64. The van der Waals surface area contributed by atoms with Crippen LogP contribution in [0.2, 0.25) is 0 Å².